The van der Waals surface area contributed by atoms with Crippen LogP contribution in [-0.4, -0.2) is 36.2 Å². The van der Waals surface area contributed by atoms with E-state index in [9.17, 15) is 14.4 Å². The first-order valence-electron chi connectivity index (χ1n) is 9.65. The minimum Gasteiger partial charge on any atom is -0.481 e. The molecule has 29 heavy (non-hydrogen) atoms. The molecule has 1 saturated heterocycles. The van der Waals surface area contributed by atoms with Gasteiger partial charge in [-0.2, -0.15) is 0 Å². The van der Waals surface area contributed by atoms with Gasteiger partial charge in [-0.3, -0.25) is 14.9 Å². The molecule has 3 amide bonds. The molecule has 2 N–H and O–H groups in total. The van der Waals surface area contributed by atoms with Gasteiger partial charge in [-0.25, -0.2) is 4.79 Å². The van der Waals surface area contributed by atoms with E-state index in [4.69, 9.17) is 9.47 Å². The molecule has 0 aromatic heterocycles. The number of hydrogen-bond donors (Lipinski definition) is 2. The Kier molecular flexibility index (Phi) is 7.27. The number of ether oxygens (including phenoxy) is 2. The van der Waals surface area contributed by atoms with Gasteiger partial charge in [0.15, 0.2) is 6.10 Å². The van der Waals surface area contributed by atoms with Crippen LogP contribution >= 0.6 is 0 Å². The number of hydrogen-bond acceptors (Lipinski definition) is 5. The molecule has 7 heteroatoms. The van der Waals surface area contributed by atoms with E-state index in [1.54, 1.807) is 32.9 Å². The number of amides is 3. The van der Waals surface area contributed by atoms with Crippen LogP contribution < -0.4 is 15.4 Å². The van der Waals surface area contributed by atoms with Gasteiger partial charge in [0.2, 0.25) is 5.91 Å². The summed E-state index contributed by atoms with van der Waals surface area (Å²) >= 11 is 0. The van der Waals surface area contributed by atoms with Crippen molar-refractivity contribution < 1.29 is 23.9 Å². The largest absolute Gasteiger partial charge is 0.481 e. The molecular weight excluding hydrogens is 372 g/mol. The second kappa shape index (κ2) is 9.46. The van der Waals surface area contributed by atoms with E-state index >= 15 is 0 Å². The van der Waals surface area contributed by atoms with Gasteiger partial charge in [-0.1, -0.05) is 31.8 Å². The van der Waals surface area contributed by atoms with Gasteiger partial charge < -0.3 is 14.8 Å². The minimum absolute atomic E-state index is 0.144. The van der Waals surface area contributed by atoms with Crippen LogP contribution in [0.4, 0.5) is 4.79 Å². The Morgan fingerprint density at radius 1 is 1.31 bits per heavy atom. The lowest BCUT2D eigenvalue weighted by Crippen LogP contribution is -2.46. The molecule has 1 aromatic carbocycles. The summed E-state index contributed by atoms with van der Waals surface area (Å²) in [5.41, 5.74) is 1.23. The van der Waals surface area contributed by atoms with Crippen molar-refractivity contribution in [1.82, 2.24) is 10.6 Å². The fraction of sp³-hybridized carbons (Fsp3) is 0.500. The van der Waals surface area contributed by atoms with Crippen molar-refractivity contribution in [3.8, 4) is 17.6 Å². The van der Waals surface area contributed by atoms with Crippen molar-refractivity contribution in [2.75, 3.05) is 6.54 Å². The van der Waals surface area contributed by atoms with Crippen LogP contribution in [0.25, 0.3) is 0 Å². The molecule has 0 bridgehead atoms. The smallest absolute Gasteiger partial charge is 0.408 e. The Labute approximate surface area is 171 Å². The number of rotatable bonds is 4. The molecule has 1 heterocycles. The number of imide groups is 1. The number of carbonyl (C=O) groups is 3. The molecule has 2 rings (SSSR count). The highest BCUT2D eigenvalue weighted by Crippen LogP contribution is 2.25. The molecule has 1 aliphatic heterocycles. The quantitative estimate of drug-likeness (QED) is 0.599. The zero-order valence-electron chi connectivity index (χ0n) is 17.5. The molecular formula is C22H28N2O5. The molecule has 0 spiro atoms. The Morgan fingerprint density at radius 2 is 2.03 bits per heavy atom. The van der Waals surface area contributed by atoms with Gasteiger partial charge in [-0.05, 0) is 44.4 Å². The van der Waals surface area contributed by atoms with Crippen molar-refractivity contribution in [1.29, 1.82) is 0 Å². The average Bonchev–Trinajstić information content (AvgIpc) is 2.59. The molecule has 7 nitrogen and oxygen atoms in total. The Morgan fingerprint density at radius 3 is 2.66 bits per heavy atom. The molecule has 1 unspecified atom stereocenters. The van der Waals surface area contributed by atoms with E-state index in [0.29, 0.717) is 12.2 Å². The highest BCUT2D eigenvalue weighted by Gasteiger charge is 2.28. The van der Waals surface area contributed by atoms with E-state index in [1.165, 1.54) is 0 Å². The van der Waals surface area contributed by atoms with Crippen molar-refractivity contribution >= 4 is 17.9 Å². The maximum atomic E-state index is 11.9. The Hall–Kier alpha value is -3.01. The summed E-state index contributed by atoms with van der Waals surface area (Å²) in [6, 6.07) is 5.49. The van der Waals surface area contributed by atoms with E-state index in [1.807, 2.05) is 6.07 Å². The first kappa shape index (κ1) is 22.3. The van der Waals surface area contributed by atoms with E-state index < -0.39 is 23.7 Å². The zero-order valence-corrected chi connectivity index (χ0v) is 17.5. The van der Waals surface area contributed by atoms with Crippen LogP contribution in [0.1, 0.15) is 64.5 Å². The summed E-state index contributed by atoms with van der Waals surface area (Å²) in [5, 5.41) is 4.88. The van der Waals surface area contributed by atoms with Gasteiger partial charge in [-0.15, -0.1) is 0 Å². The van der Waals surface area contributed by atoms with Crippen molar-refractivity contribution in [2.45, 2.75) is 65.1 Å². The van der Waals surface area contributed by atoms with Crippen LogP contribution in [0.5, 0.6) is 5.75 Å². The topological polar surface area (TPSA) is 93.7 Å². The van der Waals surface area contributed by atoms with Gasteiger partial charge in [0, 0.05) is 18.4 Å². The summed E-state index contributed by atoms with van der Waals surface area (Å²) in [4.78, 5) is 34.9. The standard InChI is InChI=1S/C22H28N2O5/c1-14(2)17-9-8-16(28-18-10-11-19(25)24-20(18)26)13-15(17)7-6-12-23-21(27)29-22(3,4)5/h8-9,13-14,18H,10-12H2,1-5H3,(H,23,27)(H,24,25,26). The summed E-state index contributed by atoms with van der Waals surface area (Å²) in [6.45, 7) is 9.63. The average molecular weight is 400 g/mol. The summed E-state index contributed by atoms with van der Waals surface area (Å²) in [6.07, 6.45) is -0.626. The monoisotopic (exact) mass is 400 g/mol. The van der Waals surface area contributed by atoms with E-state index in [0.717, 1.165) is 11.1 Å². The van der Waals surface area contributed by atoms with Crippen molar-refractivity contribution in [3.05, 3.63) is 29.3 Å². The molecule has 0 radical (unpaired) electrons. The third-order valence-electron chi connectivity index (χ3n) is 4.06. The highest BCUT2D eigenvalue weighted by molar-refractivity contribution is 5.99. The highest BCUT2D eigenvalue weighted by atomic mass is 16.6. The van der Waals surface area contributed by atoms with Crippen LogP contribution in [0, 0.1) is 11.8 Å². The maximum absolute atomic E-state index is 11.9. The number of carbonyl (C=O) groups excluding carboxylic acids is 3. The summed E-state index contributed by atoms with van der Waals surface area (Å²) in [5.74, 6) is 6.01. The lowest BCUT2D eigenvalue weighted by molar-refractivity contribution is -0.138. The third kappa shape index (κ3) is 7.15. The van der Waals surface area contributed by atoms with Crippen LogP contribution in [0.15, 0.2) is 18.2 Å². The fourth-order valence-corrected chi connectivity index (χ4v) is 2.74. The van der Waals surface area contributed by atoms with E-state index in [2.05, 4.69) is 36.3 Å². The fourth-order valence-electron chi connectivity index (χ4n) is 2.74. The molecule has 1 aliphatic rings. The molecule has 1 atom stereocenters. The summed E-state index contributed by atoms with van der Waals surface area (Å²) in [7, 11) is 0. The van der Waals surface area contributed by atoms with Gasteiger partial charge in [0.05, 0.1) is 6.54 Å². The van der Waals surface area contributed by atoms with Crippen LogP contribution in [0.3, 0.4) is 0 Å². The zero-order chi connectivity index (χ0) is 21.6. The van der Waals surface area contributed by atoms with Crippen LogP contribution in [0.2, 0.25) is 0 Å². The lowest BCUT2D eigenvalue weighted by Gasteiger charge is -2.22. The number of piperidine rings is 1. The third-order valence-corrected chi connectivity index (χ3v) is 4.06. The minimum atomic E-state index is -0.702. The van der Waals surface area contributed by atoms with Crippen LogP contribution in [-0.2, 0) is 14.3 Å². The molecule has 1 fully saturated rings. The van der Waals surface area contributed by atoms with Crippen molar-refractivity contribution in [3.63, 3.8) is 0 Å². The maximum Gasteiger partial charge on any atom is 0.408 e. The lowest BCUT2D eigenvalue weighted by atomic mass is 9.97. The Balaban J connectivity index is 2.08. The van der Waals surface area contributed by atoms with E-state index in [-0.39, 0.29) is 24.8 Å². The van der Waals surface area contributed by atoms with Gasteiger partial charge in [0.1, 0.15) is 11.4 Å². The first-order valence-corrected chi connectivity index (χ1v) is 9.65. The molecule has 156 valence electrons. The molecule has 1 aromatic rings. The van der Waals surface area contributed by atoms with Gasteiger partial charge >= 0.3 is 6.09 Å². The predicted molar refractivity (Wildman–Crippen MR) is 108 cm³/mol. The molecule has 0 aliphatic carbocycles. The second-order valence-corrected chi connectivity index (χ2v) is 8.12. The first-order chi connectivity index (χ1) is 13.5. The molecule has 0 saturated carbocycles. The number of benzene rings is 1. The number of nitrogens with one attached hydrogen (secondary N) is 2. The predicted octanol–water partition coefficient (Wildman–Crippen LogP) is 2.87. The summed E-state index contributed by atoms with van der Waals surface area (Å²) < 4.78 is 10.9. The number of alkyl carbamates (subject to hydrolysis) is 1. The second-order valence-electron chi connectivity index (χ2n) is 8.12. The van der Waals surface area contributed by atoms with Crippen molar-refractivity contribution in [2.24, 2.45) is 0 Å². The Bertz CT molecular complexity index is 843. The normalized spacial score (nSPS) is 16.6. The SMILES string of the molecule is CC(C)c1ccc(OC2CCC(=O)NC2=O)cc1C#CCNC(=O)OC(C)(C)C. The van der Waals surface area contributed by atoms with Gasteiger partial charge in [0.25, 0.3) is 5.91 Å².